The van der Waals surface area contributed by atoms with Gasteiger partial charge in [-0.05, 0) is 42.8 Å². The molecule has 136 valence electrons. The predicted molar refractivity (Wildman–Crippen MR) is 97.8 cm³/mol. The first kappa shape index (κ1) is 21.7. The molecule has 0 unspecified atom stereocenters. The fraction of sp³-hybridized carbons (Fsp3) is 0.235. The van der Waals surface area contributed by atoms with Crippen molar-refractivity contribution in [3.05, 3.63) is 59.1 Å². The molecule has 0 amide bonds. The molecular weight excluding hydrogens is 391 g/mol. The van der Waals surface area contributed by atoms with Gasteiger partial charge in [0.1, 0.15) is 6.04 Å². The van der Waals surface area contributed by atoms with Crippen LogP contribution in [0, 0.1) is 0 Å². The lowest BCUT2D eigenvalue weighted by molar-refractivity contribution is -0.174. The van der Waals surface area contributed by atoms with Crippen LogP contribution in [0.2, 0.25) is 5.02 Å². The van der Waals surface area contributed by atoms with E-state index in [0.29, 0.717) is 9.92 Å². The molecule has 0 aromatic heterocycles. The molecule has 2 aromatic rings. The Hall–Kier alpha value is -1.34. The maximum absolute atomic E-state index is 14.2. The molecule has 0 spiro atoms. The summed E-state index contributed by atoms with van der Waals surface area (Å²) in [6.07, 6.45) is 0. The highest BCUT2D eigenvalue weighted by atomic mass is 35.5. The summed E-state index contributed by atoms with van der Waals surface area (Å²) < 4.78 is 32.9. The lowest BCUT2D eigenvalue weighted by Crippen LogP contribution is -2.42. The van der Waals surface area contributed by atoms with E-state index >= 15 is 0 Å². The summed E-state index contributed by atoms with van der Waals surface area (Å²) in [6.45, 7) is 1.33. The number of benzene rings is 2. The van der Waals surface area contributed by atoms with Crippen molar-refractivity contribution < 1.29 is 18.3 Å². The van der Waals surface area contributed by atoms with E-state index in [4.69, 9.17) is 17.3 Å². The Morgan fingerprint density at radius 3 is 2.44 bits per heavy atom. The second-order valence-corrected chi connectivity index (χ2v) is 6.47. The number of alkyl halides is 2. The standard InChI is InChI=1S/C17H16ClF2NO2S.ClH/c1-2-23-16(22)17(19,20)15(21)13-5-3-4-6-14(13)24-12-9-7-11(18)8-10-12;/h3-10,15H,2,21H2,1H3;1H/t15-;/m1./s1. The molecule has 2 rings (SSSR count). The summed E-state index contributed by atoms with van der Waals surface area (Å²) in [4.78, 5) is 12.9. The van der Waals surface area contributed by atoms with Gasteiger partial charge in [-0.25, -0.2) is 4.79 Å². The lowest BCUT2D eigenvalue weighted by Gasteiger charge is -2.23. The zero-order valence-electron chi connectivity index (χ0n) is 13.2. The van der Waals surface area contributed by atoms with Gasteiger partial charge in [0.05, 0.1) is 6.61 Å². The fourth-order valence-electron chi connectivity index (χ4n) is 2.01. The van der Waals surface area contributed by atoms with Crippen LogP contribution in [0.3, 0.4) is 0 Å². The van der Waals surface area contributed by atoms with E-state index in [1.165, 1.54) is 24.8 Å². The van der Waals surface area contributed by atoms with Gasteiger partial charge in [-0.2, -0.15) is 8.78 Å². The van der Waals surface area contributed by atoms with E-state index < -0.39 is 17.9 Å². The van der Waals surface area contributed by atoms with Crippen molar-refractivity contribution >= 4 is 41.7 Å². The fourth-order valence-corrected chi connectivity index (χ4v) is 3.12. The second kappa shape index (κ2) is 9.38. The minimum atomic E-state index is -3.81. The van der Waals surface area contributed by atoms with E-state index in [9.17, 15) is 13.6 Å². The van der Waals surface area contributed by atoms with Gasteiger partial charge in [0.25, 0.3) is 0 Å². The highest BCUT2D eigenvalue weighted by Gasteiger charge is 2.48. The SMILES string of the molecule is CCOC(=O)C(F)(F)[C@H](N)c1ccccc1Sc1ccc(Cl)cc1.Cl. The van der Waals surface area contributed by atoms with Crippen LogP contribution in [0.5, 0.6) is 0 Å². The Morgan fingerprint density at radius 2 is 1.84 bits per heavy atom. The van der Waals surface area contributed by atoms with Crippen molar-refractivity contribution in [1.29, 1.82) is 0 Å². The molecule has 3 nitrogen and oxygen atoms in total. The van der Waals surface area contributed by atoms with Gasteiger partial charge in [-0.3, -0.25) is 0 Å². The predicted octanol–water partition coefficient (Wildman–Crippen LogP) is 5.11. The van der Waals surface area contributed by atoms with Crippen LogP contribution < -0.4 is 5.73 Å². The van der Waals surface area contributed by atoms with Crippen LogP contribution >= 0.6 is 35.8 Å². The van der Waals surface area contributed by atoms with Gasteiger partial charge in [0, 0.05) is 14.8 Å². The van der Waals surface area contributed by atoms with Crippen LogP contribution in [0.1, 0.15) is 18.5 Å². The van der Waals surface area contributed by atoms with Crippen molar-refractivity contribution in [2.24, 2.45) is 5.73 Å². The minimum absolute atomic E-state index is 0. The third-order valence-electron chi connectivity index (χ3n) is 3.23. The first-order valence-corrected chi connectivity index (χ1v) is 8.38. The summed E-state index contributed by atoms with van der Waals surface area (Å²) in [5.41, 5.74) is 5.87. The topological polar surface area (TPSA) is 52.3 Å². The molecule has 0 heterocycles. The summed E-state index contributed by atoms with van der Waals surface area (Å²) >= 11 is 7.11. The second-order valence-electron chi connectivity index (χ2n) is 4.91. The number of rotatable bonds is 6. The number of halogens is 4. The van der Waals surface area contributed by atoms with Crippen LogP contribution in [0.15, 0.2) is 58.3 Å². The molecular formula is C17H17Cl2F2NO2S. The number of hydrogen-bond acceptors (Lipinski definition) is 4. The molecule has 0 radical (unpaired) electrons. The van der Waals surface area contributed by atoms with Gasteiger partial charge in [0.15, 0.2) is 0 Å². The molecule has 0 fully saturated rings. The normalized spacial score (nSPS) is 12.2. The highest BCUT2D eigenvalue weighted by Crippen LogP contribution is 2.38. The summed E-state index contributed by atoms with van der Waals surface area (Å²) in [5.74, 6) is -5.43. The maximum atomic E-state index is 14.2. The molecule has 1 atom stereocenters. The van der Waals surface area contributed by atoms with Crippen LogP contribution in [0.4, 0.5) is 8.78 Å². The number of nitrogens with two attached hydrogens (primary N) is 1. The van der Waals surface area contributed by atoms with Gasteiger partial charge in [-0.1, -0.05) is 41.6 Å². The van der Waals surface area contributed by atoms with Crippen molar-refractivity contribution in [1.82, 2.24) is 0 Å². The Bertz CT molecular complexity index is 714. The molecule has 0 saturated heterocycles. The molecule has 8 heteroatoms. The van der Waals surface area contributed by atoms with Gasteiger partial charge < -0.3 is 10.5 Å². The monoisotopic (exact) mass is 407 g/mol. The van der Waals surface area contributed by atoms with Crippen molar-refractivity contribution in [2.45, 2.75) is 28.7 Å². The Balaban J connectivity index is 0.00000312. The van der Waals surface area contributed by atoms with E-state index in [-0.39, 0.29) is 24.6 Å². The van der Waals surface area contributed by atoms with Crippen molar-refractivity contribution in [3.8, 4) is 0 Å². The molecule has 2 aromatic carbocycles. The molecule has 0 bridgehead atoms. The molecule has 25 heavy (non-hydrogen) atoms. The zero-order chi connectivity index (χ0) is 17.7. The van der Waals surface area contributed by atoms with Crippen LogP contribution in [-0.2, 0) is 9.53 Å². The third-order valence-corrected chi connectivity index (χ3v) is 4.59. The van der Waals surface area contributed by atoms with Crippen molar-refractivity contribution in [2.75, 3.05) is 6.61 Å². The maximum Gasteiger partial charge on any atom is 0.379 e. The molecule has 2 N–H and O–H groups in total. The lowest BCUT2D eigenvalue weighted by atomic mass is 10.0. The van der Waals surface area contributed by atoms with E-state index in [1.54, 1.807) is 42.5 Å². The Labute approximate surface area is 160 Å². The zero-order valence-corrected chi connectivity index (χ0v) is 15.6. The quantitative estimate of drug-likeness (QED) is 0.675. The third kappa shape index (κ3) is 5.31. The average molecular weight is 408 g/mol. The van der Waals surface area contributed by atoms with E-state index in [0.717, 1.165) is 4.90 Å². The minimum Gasteiger partial charge on any atom is -0.462 e. The molecule has 0 aliphatic carbocycles. The van der Waals surface area contributed by atoms with Gasteiger partial charge in [-0.15, -0.1) is 12.4 Å². The van der Waals surface area contributed by atoms with Gasteiger partial charge >= 0.3 is 11.9 Å². The van der Waals surface area contributed by atoms with Crippen LogP contribution in [0.25, 0.3) is 0 Å². The Morgan fingerprint density at radius 1 is 1.24 bits per heavy atom. The number of carbonyl (C=O) groups excluding carboxylic acids is 1. The van der Waals surface area contributed by atoms with E-state index in [2.05, 4.69) is 4.74 Å². The Kier molecular flexibility index (Phi) is 8.15. The van der Waals surface area contributed by atoms with E-state index in [1.807, 2.05) is 0 Å². The van der Waals surface area contributed by atoms with Gasteiger partial charge in [0.2, 0.25) is 0 Å². The number of hydrogen-bond donors (Lipinski definition) is 1. The molecule has 0 aliphatic heterocycles. The van der Waals surface area contributed by atoms with Crippen LogP contribution in [-0.4, -0.2) is 18.5 Å². The highest BCUT2D eigenvalue weighted by molar-refractivity contribution is 7.99. The summed E-state index contributed by atoms with van der Waals surface area (Å²) in [6, 6.07) is 11.6. The number of carbonyl (C=O) groups is 1. The summed E-state index contributed by atoms with van der Waals surface area (Å²) in [7, 11) is 0. The van der Waals surface area contributed by atoms with Crippen molar-refractivity contribution in [3.63, 3.8) is 0 Å². The number of esters is 1. The number of ether oxygens (including phenoxy) is 1. The smallest absolute Gasteiger partial charge is 0.379 e. The average Bonchev–Trinajstić information content (AvgIpc) is 2.57. The first-order valence-electron chi connectivity index (χ1n) is 7.19. The molecule has 0 aliphatic rings. The molecule has 0 saturated carbocycles. The first-order chi connectivity index (χ1) is 11.4. The largest absolute Gasteiger partial charge is 0.462 e. The summed E-state index contributed by atoms with van der Waals surface area (Å²) in [5, 5.41) is 0.582.